The number of thiocarbonyl (C=S) groups is 1. The van der Waals surface area contributed by atoms with Gasteiger partial charge in [-0.25, -0.2) is 4.98 Å². The van der Waals surface area contributed by atoms with Gasteiger partial charge in [-0.2, -0.15) is 0 Å². The smallest absolute Gasteiger partial charge is 0.273 e. The molecule has 0 fully saturated rings. The van der Waals surface area contributed by atoms with E-state index in [0.29, 0.717) is 33.3 Å². The molecule has 0 aliphatic heterocycles. The van der Waals surface area contributed by atoms with Gasteiger partial charge in [0.1, 0.15) is 5.52 Å². The van der Waals surface area contributed by atoms with Gasteiger partial charge in [-0.15, -0.1) is 0 Å². The number of nitrogens with zero attached hydrogens (tertiary/aromatic N) is 2. The molecule has 4 rings (SSSR count). The van der Waals surface area contributed by atoms with E-state index in [1.165, 1.54) is 25.1 Å². The molecule has 0 unspecified atom stereocenters. The molecule has 3 aromatic carbocycles. The fourth-order valence-corrected chi connectivity index (χ4v) is 3.58. The molecule has 0 saturated carbocycles. The van der Waals surface area contributed by atoms with E-state index in [1.807, 2.05) is 18.2 Å². The van der Waals surface area contributed by atoms with Gasteiger partial charge < -0.3 is 9.73 Å². The molecule has 8 nitrogen and oxygen atoms in total. The van der Waals surface area contributed by atoms with Crippen LogP contribution in [0.4, 0.5) is 11.4 Å². The molecule has 0 spiro atoms. The van der Waals surface area contributed by atoms with Crippen LogP contribution in [-0.4, -0.2) is 20.9 Å². The molecule has 32 heavy (non-hydrogen) atoms. The Kier molecular flexibility index (Phi) is 5.85. The van der Waals surface area contributed by atoms with Crippen LogP contribution >= 0.6 is 23.8 Å². The van der Waals surface area contributed by atoms with Crippen molar-refractivity contribution in [1.82, 2.24) is 10.3 Å². The molecule has 0 atom stereocenters. The van der Waals surface area contributed by atoms with Crippen molar-refractivity contribution >= 4 is 57.3 Å². The number of nitro benzene ring substituents is 1. The molecule has 0 saturated heterocycles. The molecule has 0 aliphatic carbocycles. The Bertz CT molecular complexity index is 1390. The van der Waals surface area contributed by atoms with Crippen LogP contribution in [0.1, 0.15) is 15.9 Å². The lowest BCUT2D eigenvalue weighted by Crippen LogP contribution is -2.34. The second-order valence-corrected chi connectivity index (χ2v) is 7.61. The Morgan fingerprint density at radius 1 is 1.16 bits per heavy atom. The first-order chi connectivity index (χ1) is 15.3. The lowest BCUT2D eigenvalue weighted by molar-refractivity contribution is -0.385. The van der Waals surface area contributed by atoms with E-state index >= 15 is 0 Å². The summed E-state index contributed by atoms with van der Waals surface area (Å²) >= 11 is 11.4. The number of carbonyl (C=O) groups excluding carboxylic acids is 1. The molecule has 10 heteroatoms. The molecule has 1 amide bonds. The Morgan fingerprint density at radius 2 is 1.94 bits per heavy atom. The van der Waals surface area contributed by atoms with Crippen LogP contribution in [-0.2, 0) is 0 Å². The number of hydrogen-bond acceptors (Lipinski definition) is 6. The van der Waals surface area contributed by atoms with Crippen LogP contribution in [0.3, 0.4) is 0 Å². The molecule has 4 aromatic rings. The van der Waals surface area contributed by atoms with Crippen LogP contribution in [0.15, 0.2) is 65.1 Å². The molecular weight excluding hydrogens is 452 g/mol. The van der Waals surface area contributed by atoms with E-state index in [4.69, 9.17) is 28.2 Å². The summed E-state index contributed by atoms with van der Waals surface area (Å²) in [4.78, 5) is 27.6. The summed E-state index contributed by atoms with van der Waals surface area (Å²) in [5, 5.41) is 17.1. The maximum Gasteiger partial charge on any atom is 0.273 e. The third kappa shape index (κ3) is 4.29. The van der Waals surface area contributed by atoms with Crippen molar-refractivity contribution in [3.63, 3.8) is 0 Å². The highest BCUT2D eigenvalue weighted by atomic mass is 35.5. The maximum absolute atomic E-state index is 12.5. The molecule has 0 bridgehead atoms. The predicted octanol–water partition coefficient (Wildman–Crippen LogP) is 5.49. The number of amides is 1. The fraction of sp³-hybridized carbons (Fsp3) is 0.0455. The van der Waals surface area contributed by atoms with Gasteiger partial charge in [-0.1, -0.05) is 29.8 Å². The summed E-state index contributed by atoms with van der Waals surface area (Å²) in [5.41, 5.74) is 2.68. The van der Waals surface area contributed by atoms with Crippen molar-refractivity contribution in [2.75, 3.05) is 5.32 Å². The van der Waals surface area contributed by atoms with Gasteiger partial charge in [-0.05, 0) is 55.5 Å². The van der Waals surface area contributed by atoms with E-state index in [0.717, 1.165) is 0 Å². The second-order valence-electron chi connectivity index (χ2n) is 6.80. The molecular formula is C22H15ClN4O4S. The average Bonchev–Trinajstić information content (AvgIpc) is 3.17. The number of anilines is 1. The average molecular weight is 467 g/mol. The number of nitro groups is 1. The minimum absolute atomic E-state index is 0.0371. The summed E-state index contributed by atoms with van der Waals surface area (Å²) in [6.07, 6.45) is 0. The molecule has 0 radical (unpaired) electrons. The Hall–Kier alpha value is -3.82. The Morgan fingerprint density at radius 3 is 2.69 bits per heavy atom. The van der Waals surface area contributed by atoms with Gasteiger partial charge in [-0.3, -0.25) is 20.2 Å². The normalized spacial score (nSPS) is 10.7. The van der Waals surface area contributed by atoms with E-state index in [-0.39, 0.29) is 21.9 Å². The van der Waals surface area contributed by atoms with Gasteiger partial charge in [0, 0.05) is 22.9 Å². The number of rotatable bonds is 4. The summed E-state index contributed by atoms with van der Waals surface area (Å²) in [5.74, 6) is -0.160. The number of halogens is 1. The van der Waals surface area contributed by atoms with E-state index in [9.17, 15) is 14.9 Å². The summed E-state index contributed by atoms with van der Waals surface area (Å²) < 4.78 is 5.78. The standard InChI is InChI=1S/C22H15ClN4O4S/c1-12-14(6-4-8-18(12)27(29)30)20(28)26-22(32)24-13-9-10-19-17(11-13)25-21(31-19)15-5-2-3-7-16(15)23/h2-11H,1H3,(H2,24,26,28,32). The highest BCUT2D eigenvalue weighted by Gasteiger charge is 2.19. The zero-order chi connectivity index (χ0) is 22.8. The largest absolute Gasteiger partial charge is 0.436 e. The summed E-state index contributed by atoms with van der Waals surface area (Å²) in [7, 11) is 0. The first kappa shape index (κ1) is 21.4. The first-order valence-corrected chi connectivity index (χ1v) is 10.1. The van der Waals surface area contributed by atoms with Crippen molar-refractivity contribution in [3.8, 4) is 11.5 Å². The fourth-order valence-electron chi connectivity index (χ4n) is 3.16. The number of nitrogens with one attached hydrogen (secondary N) is 2. The van der Waals surface area contributed by atoms with Crippen molar-refractivity contribution in [2.45, 2.75) is 6.92 Å². The van der Waals surface area contributed by atoms with Gasteiger partial charge in [0.2, 0.25) is 5.89 Å². The highest BCUT2D eigenvalue weighted by molar-refractivity contribution is 7.80. The SMILES string of the molecule is Cc1c(C(=O)NC(=S)Nc2ccc3oc(-c4ccccc4Cl)nc3c2)cccc1[N+](=O)[O-]. The number of carbonyl (C=O) groups is 1. The van der Waals surface area contributed by atoms with Crippen LogP contribution < -0.4 is 10.6 Å². The lowest BCUT2D eigenvalue weighted by atomic mass is 10.1. The second kappa shape index (κ2) is 8.74. The van der Waals surface area contributed by atoms with Crippen molar-refractivity contribution in [1.29, 1.82) is 0 Å². The highest BCUT2D eigenvalue weighted by Crippen LogP contribution is 2.30. The monoisotopic (exact) mass is 466 g/mol. The number of benzene rings is 3. The molecule has 0 aliphatic rings. The number of oxazole rings is 1. The topological polar surface area (TPSA) is 110 Å². The maximum atomic E-state index is 12.5. The van der Waals surface area contributed by atoms with Crippen molar-refractivity contribution in [2.24, 2.45) is 0 Å². The number of hydrogen-bond donors (Lipinski definition) is 2. The van der Waals surface area contributed by atoms with Crippen LogP contribution in [0.25, 0.3) is 22.6 Å². The van der Waals surface area contributed by atoms with Gasteiger partial charge in [0.15, 0.2) is 10.7 Å². The zero-order valence-electron chi connectivity index (χ0n) is 16.6. The van der Waals surface area contributed by atoms with E-state index in [2.05, 4.69) is 15.6 Å². The van der Waals surface area contributed by atoms with Crippen molar-refractivity contribution in [3.05, 3.63) is 86.9 Å². The summed E-state index contributed by atoms with van der Waals surface area (Å²) in [6.45, 7) is 1.51. The Balaban J connectivity index is 1.50. The Labute approximate surface area is 192 Å². The van der Waals surface area contributed by atoms with Gasteiger partial charge in [0.25, 0.3) is 11.6 Å². The van der Waals surface area contributed by atoms with Crippen LogP contribution in [0, 0.1) is 17.0 Å². The number of aromatic nitrogens is 1. The minimum Gasteiger partial charge on any atom is -0.436 e. The molecule has 1 heterocycles. The van der Waals surface area contributed by atoms with Gasteiger partial charge in [0.05, 0.1) is 15.5 Å². The first-order valence-electron chi connectivity index (χ1n) is 9.35. The zero-order valence-corrected chi connectivity index (χ0v) is 18.2. The van der Waals surface area contributed by atoms with Gasteiger partial charge >= 0.3 is 0 Å². The quantitative estimate of drug-likeness (QED) is 0.232. The third-order valence-electron chi connectivity index (χ3n) is 4.72. The molecule has 2 N–H and O–H groups in total. The number of fused-ring (bicyclic) bond motifs is 1. The third-order valence-corrected chi connectivity index (χ3v) is 5.26. The van der Waals surface area contributed by atoms with Crippen LogP contribution in [0.5, 0.6) is 0 Å². The molecule has 1 aromatic heterocycles. The summed E-state index contributed by atoms with van der Waals surface area (Å²) in [6, 6.07) is 16.7. The lowest BCUT2D eigenvalue weighted by Gasteiger charge is -2.11. The predicted molar refractivity (Wildman–Crippen MR) is 126 cm³/mol. The van der Waals surface area contributed by atoms with E-state index < -0.39 is 10.8 Å². The van der Waals surface area contributed by atoms with Crippen LogP contribution in [0.2, 0.25) is 5.02 Å². The van der Waals surface area contributed by atoms with E-state index in [1.54, 1.807) is 24.3 Å². The van der Waals surface area contributed by atoms with Crippen molar-refractivity contribution < 1.29 is 14.1 Å². The molecule has 160 valence electrons. The minimum atomic E-state index is -0.549.